The molecular weight excluding hydrogens is 155 g/mol. The summed E-state index contributed by atoms with van der Waals surface area (Å²) in [7, 11) is 0. The van der Waals surface area contributed by atoms with Crippen LogP contribution in [0.15, 0.2) is 0 Å². The van der Waals surface area contributed by atoms with Gasteiger partial charge in [0.25, 0.3) is 0 Å². The third kappa shape index (κ3) is 10.5. The molecule has 0 aliphatic carbocycles. The van der Waals surface area contributed by atoms with Gasteiger partial charge in [-0.3, -0.25) is 0 Å². The Balaban J connectivity index is 0. The van der Waals surface area contributed by atoms with Gasteiger partial charge in [0.05, 0.1) is 0 Å². The molecule has 0 saturated carbocycles. The normalized spacial score (nSPS) is 4.75. The van der Waals surface area contributed by atoms with Crippen LogP contribution in [0.4, 0.5) is 0 Å². The smallest absolute Gasteiger partial charge is 2.00 e. The second kappa shape index (κ2) is 8.87. The van der Waals surface area contributed by atoms with E-state index in [2.05, 4.69) is 6.92 Å². The maximum atomic E-state index is 2.18. The zero-order valence-electron chi connectivity index (χ0n) is 3.12. The molecule has 0 unspecified atom stereocenters. The first-order valence-electron chi connectivity index (χ1n) is 1.21. The van der Waals surface area contributed by atoms with E-state index in [-0.39, 0.29) is 19.5 Å². The van der Waals surface area contributed by atoms with E-state index in [1.165, 1.54) is 23.3 Å². The molecule has 0 saturated heterocycles. The monoisotopic (exact) mass is 157 g/mol. The molecule has 0 radical (unpaired) electrons. The Labute approximate surface area is 49.8 Å². The topological polar surface area (TPSA) is 0 Å². The fraction of sp³-hybridized carbons (Fsp3) is 1.00. The van der Waals surface area contributed by atoms with E-state index in [1.807, 2.05) is 0 Å². The molecule has 4 heavy (non-hydrogen) atoms. The van der Waals surface area contributed by atoms with E-state index in [1.54, 1.807) is 0 Å². The molecule has 0 aromatic rings. The molecule has 0 rings (SSSR count). The van der Waals surface area contributed by atoms with E-state index in [9.17, 15) is 0 Å². The van der Waals surface area contributed by atoms with E-state index >= 15 is 0 Å². The summed E-state index contributed by atoms with van der Waals surface area (Å²) in [6.07, 6.45) is 0. The molecule has 0 bridgehead atoms. The van der Waals surface area contributed by atoms with Gasteiger partial charge in [0.2, 0.25) is 0 Å². The Morgan fingerprint density at radius 3 is 1.75 bits per heavy atom. The largest absolute Gasteiger partial charge is 2.00 e. The average molecular weight is 160 g/mol. The van der Waals surface area contributed by atoms with Crippen molar-refractivity contribution in [2.75, 3.05) is 0 Å². The molecule has 0 N–H and O–H groups in total. The fourth-order valence-corrected chi connectivity index (χ4v) is 0. The average Bonchev–Trinajstić information content (AvgIpc) is 0.918. The number of rotatable bonds is 0. The number of hydrogen-bond donors (Lipinski definition) is 0. The fourth-order valence-electron chi connectivity index (χ4n) is 0. The van der Waals surface area contributed by atoms with Gasteiger partial charge in [0, 0.05) is 0 Å². The minimum atomic E-state index is 0. The van der Waals surface area contributed by atoms with E-state index in [4.69, 9.17) is 0 Å². The van der Waals surface area contributed by atoms with Crippen LogP contribution in [0, 0.1) is 0 Å². The van der Waals surface area contributed by atoms with Gasteiger partial charge >= 0.3 is 49.7 Å². The summed E-state index contributed by atoms with van der Waals surface area (Å²) in [5.41, 5.74) is 0. The SMILES string of the molecule is C[CH2][Zn+].[Zn+2]. The van der Waals surface area contributed by atoms with Crippen molar-refractivity contribution in [1.82, 2.24) is 0 Å². The third-order valence-electron chi connectivity index (χ3n) is 0. The quantitative estimate of drug-likeness (QED) is 0.463. The molecule has 0 heterocycles. The summed E-state index contributed by atoms with van der Waals surface area (Å²) in [6, 6.07) is 0. The van der Waals surface area contributed by atoms with Gasteiger partial charge in [-0.15, -0.1) is 0 Å². The second-order valence-corrected chi connectivity index (χ2v) is 2.60. The van der Waals surface area contributed by atoms with Crippen LogP contribution in [0.5, 0.6) is 0 Å². The third-order valence-corrected chi connectivity index (χ3v) is 0. The predicted molar refractivity (Wildman–Crippen MR) is 10.5 cm³/mol. The van der Waals surface area contributed by atoms with Gasteiger partial charge in [-0.2, -0.15) is 0 Å². The minimum absolute atomic E-state index is 0. The second-order valence-electron chi connectivity index (χ2n) is 0.500. The standard InChI is InChI=1S/C2H5.2Zn/c1-2;;/h1H2,2H3;;/q;+1;+2. The van der Waals surface area contributed by atoms with E-state index in [0.717, 1.165) is 0 Å². The van der Waals surface area contributed by atoms with Crippen molar-refractivity contribution in [2.24, 2.45) is 0 Å². The van der Waals surface area contributed by atoms with Crippen molar-refractivity contribution in [3.63, 3.8) is 0 Å². The maximum absolute atomic E-state index is 2.18. The summed E-state index contributed by atoms with van der Waals surface area (Å²) in [6.45, 7) is 2.18. The van der Waals surface area contributed by atoms with Gasteiger partial charge < -0.3 is 0 Å². The summed E-state index contributed by atoms with van der Waals surface area (Å²) < 4.78 is 0. The first kappa shape index (κ1) is 8.98. The minimum Gasteiger partial charge on any atom is 2.00 e. The molecule has 0 spiro atoms. The molecular formula is C2H5Zn2+3. The zero-order valence-corrected chi connectivity index (χ0v) is 9.06. The van der Waals surface area contributed by atoms with Crippen LogP contribution in [0.25, 0.3) is 0 Å². The van der Waals surface area contributed by atoms with Crippen LogP contribution in [-0.4, -0.2) is 0 Å². The molecule has 0 nitrogen and oxygen atoms in total. The van der Waals surface area contributed by atoms with Gasteiger partial charge in [0.1, 0.15) is 0 Å². The van der Waals surface area contributed by atoms with Crippen molar-refractivity contribution in [2.45, 2.75) is 11.9 Å². The van der Waals surface area contributed by atoms with Crippen molar-refractivity contribution in [3.8, 4) is 0 Å². The molecule has 0 atom stereocenters. The summed E-state index contributed by atoms with van der Waals surface area (Å²) in [5.74, 6) is 0. The molecule has 0 amide bonds. The molecule has 0 fully saturated rings. The van der Waals surface area contributed by atoms with Crippen LogP contribution < -0.4 is 0 Å². The van der Waals surface area contributed by atoms with Crippen LogP contribution >= 0.6 is 0 Å². The molecule has 0 aliphatic rings. The van der Waals surface area contributed by atoms with Crippen molar-refractivity contribution < 1.29 is 37.8 Å². The summed E-state index contributed by atoms with van der Waals surface area (Å²) >= 11 is 1.44. The molecule has 14 valence electrons. The summed E-state index contributed by atoms with van der Waals surface area (Å²) in [4.78, 5) is 0. The molecule has 0 aliphatic heterocycles. The van der Waals surface area contributed by atoms with Crippen LogP contribution in [-0.2, 0) is 37.8 Å². The molecule has 0 aromatic heterocycles. The van der Waals surface area contributed by atoms with Gasteiger partial charge in [-0.05, 0) is 0 Å². The predicted octanol–water partition coefficient (Wildman–Crippen LogP) is 0.969. The van der Waals surface area contributed by atoms with Crippen LogP contribution in [0.1, 0.15) is 6.92 Å². The van der Waals surface area contributed by atoms with Crippen molar-refractivity contribution in [1.29, 1.82) is 0 Å². The van der Waals surface area contributed by atoms with Crippen LogP contribution in [0.3, 0.4) is 0 Å². The Morgan fingerprint density at radius 1 is 1.75 bits per heavy atom. The van der Waals surface area contributed by atoms with Crippen molar-refractivity contribution in [3.05, 3.63) is 0 Å². The Hall–Kier alpha value is 1.25. The van der Waals surface area contributed by atoms with Crippen LogP contribution in [0.2, 0.25) is 5.02 Å². The first-order chi connectivity index (χ1) is 1.41. The van der Waals surface area contributed by atoms with Gasteiger partial charge in [0.15, 0.2) is 0 Å². The zero-order chi connectivity index (χ0) is 2.71. The van der Waals surface area contributed by atoms with Crippen molar-refractivity contribution >= 4 is 0 Å². The van der Waals surface area contributed by atoms with Gasteiger partial charge in [-0.1, -0.05) is 0 Å². The molecule has 0 aromatic carbocycles. The summed E-state index contributed by atoms with van der Waals surface area (Å²) in [5, 5.41) is 1.38. The Bertz CT molecular complexity index is 4.00. The number of hydrogen-bond acceptors (Lipinski definition) is 0. The van der Waals surface area contributed by atoms with E-state index in [0.29, 0.717) is 0 Å². The first-order valence-corrected chi connectivity index (χ1v) is 3.31. The molecule has 2 heteroatoms. The maximum Gasteiger partial charge on any atom is 2.00 e. The Morgan fingerprint density at radius 2 is 1.75 bits per heavy atom. The Kier molecular flexibility index (Phi) is 19.9. The van der Waals surface area contributed by atoms with E-state index < -0.39 is 0 Å². The van der Waals surface area contributed by atoms with Gasteiger partial charge in [-0.25, -0.2) is 0 Å².